The number of aliphatic carboxylic acids is 1. The van der Waals surface area contributed by atoms with Crippen LogP contribution in [0.4, 0.5) is 24.5 Å². The van der Waals surface area contributed by atoms with Gasteiger partial charge in [-0.2, -0.15) is 17.7 Å². The first-order valence-electron chi connectivity index (χ1n) is 19.9. The Bertz CT molecular complexity index is 2230. The number of alkyl halides is 3. The molecule has 0 saturated carbocycles. The highest BCUT2D eigenvalue weighted by atomic mass is 35.5. The maximum absolute atomic E-state index is 12.4. The Morgan fingerprint density at radius 2 is 1.64 bits per heavy atom. The van der Waals surface area contributed by atoms with Gasteiger partial charge >= 0.3 is 18.1 Å². The molecule has 2 heterocycles. The van der Waals surface area contributed by atoms with Crippen LogP contribution in [0.3, 0.4) is 0 Å². The van der Waals surface area contributed by atoms with E-state index >= 15 is 0 Å². The van der Waals surface area contributed by atoms with Crippen molar-refractivity contribution in [3.05, 3.63) is 130 Å². The summed E-state index contributed by atoms with van der Waals surface area (Å²) >= 11 is 7.21. The molecule has 59 heavy (non-hydrogen) atoms. The number of carboxylic acids is 2. The Morgan fingerprint density at radius 3 is 2.31 bits per heavy atom. The van der Waals surface area contributed by atoms with Crippen LogP contribution in [0.15, 0.2) is 113 Å². The number of anilines is 1. The van der Waals surface area contributed by atoms with Gasteiger partial charge in [-0.1, -0.05) is 60.5 Å². The molecule has 0 aromatic heterocycles. The molecular formula is C47H50ClF3N2O6. The zero-order chi connectivity index (χ0) is 43.1. The quantitative estimate of drug-likeness (QED) is 0.0637. The Labute approximate surface area is 348 Å². The molecule has 0 amide bonds. The van der Waals surface area contributed by atoms with Gasteiger partial charge in [0.2, 0.25) is 5.69 Å². The molecular weight excluding hydrogens is 781 g/mol. The lowest BCUT2D eigenvalue weighted by molar-refractivity contribution is -0.433. The normalized spacial score (nSPS) is 17.9. The maximum atomic E-state index is 12.4. The van der Waals surface area contributed by atoms with E-state index in [1.165, 1.54) is 11.3 Å². The minimum Gasteiger partial charge on any atom is -0.542 e. The predicted molar refractivity (Wildman–Crippen MR) is 221 cm³/mol. The van der Waals surface area contributed by atoms with Crippen LogP contribution >= 0.6 is 11.6 Å². The zero-order valence-electron chi connectivity index (χ0n) is 34.0. The Hall–Kier alpha value is -5.38. The van der Waals surface area contributed by atoms with Crippen molar-refractivity contribution in [3.8, 4) is 5.75 Å². The van der Waals surface area contributed by atoms with E-state index in [4.69, 9.17) is 26.2 Å². The standard InChI is InChI=1S/C45H49ClN2O4.C2HF3O2/c1-6-47-38-26-23-33(43(50)51)30-36(38)45(4,5)39(47)27-24-31-16-15-17-32(42(31)46)25-28-40-44(2,3)35-20-12-13-21-37(35)48(40)29-14-8-11-22-41(49)52-34-18-9-7-10-19-34;3-2(4,5)1(6)7/h7,9-10,12-13,18-21,23-27,30,32H,6,8,11,14-17,22,29H2,1-5H3;(H,6,7)/b27-24+;. The van der Waals surface area contributed by atoms with Crippen molar-refractivity contribution in [2.75, 3.05) is 18.0 Å². The third-order valence-corrected chi connectivity index (χ3v) is 11.6. The second-order valence-corrected chi connectivity index (χ2v) is 16.2. The number of allylic oxidation sites excluding steroid dienone is 5. The number of hydrogen-bond acceptors (Lipinski definition) is 6. The van der Waals surface area contributed by atoms with Crippen molar-refractivity contribution in [1.29, 1.82) is 0 Å². The van der Waals surface area contributed by atoms with Crippen molar-refractivity contribution in [2.45, 2.75) is 96.6 Å². The topological polar surface area (TPSA) is 110 Å². The highest BCUT2D eigenvalue weighted by molar-refractivity contribution is 6.30. The number of ether oxygens (including phenoxy) is 1. The molecule has 1 aliphatic carbocycles. The third-order valence-electron chi connectivity index (χ3n) is 11.1. The number of carbonyl (C=O) groups is 3. The first kappa shape index (κ1) is 44.7. The second kappa shape index (κ2) is 18.7. The van der Waals surface area contributed by atoms with Crippen LogP contribution in [0.25, 0.3) is 0 Å². The summed E-state index contributed by atoms with van der Waals surface area (Å²) in [5, 5.41) is 19.3. The van der Waals surface area contributed by atoms with Crippen molar-refractivity contribution in [3.63, 3.8) is 0 Å². The van der Waals surface area contributed by atoms with Crippen LogP contribution in [0, 0.1) is 5.92 Å². The van der Waals surface area contributed by atoms with E-state index in [1.807, 2.05) is 30.3 Å². The molecule has 12 heteroatoms. The van der Waals surface area contributed by atoms with E-state index in [0.717, 1.165) is 84.9 Å². The summed E-state index contributed by atoms with van der Waals surface area (Å²) in [5.74, 6) is -3.46. The van der Waals surface area contributed by atoms with Gasteiger partial charge in [-0.05, 0) is 114 Å². The van der Waals surface area contributed by atoms with E-state index in [-0.39, 0.29) is 22.7 Å². The number of rotatable bonds is 12. The van der Waals surface area contributed by atoms with Gasteiger partial charge in [0.25, 0.3) is 0 Å². The second-order valence-electron chi connectivity index (χ2n) is 15.8. The fourth-order valence-corrected chi connectivity index (χ4v) is 8.35. The fraction of sp³-hybridized carbons (Fsp3) is 0.383. The number of nitrogens with zero attached hydrogens (tertiary/aromatic N) is 2. The number of aromatic carboxylic acids is 1. The number of fused-ring (bicyclic) bond motifs is 2. The third kappa shape index (κ3) is 10.3. The van der Waals surface area contributed by atoms with Crippen molar-refractivity contribution < 1.29 is 47.1 Å². The Morgan fingerprint density at radius 1 is 0.966 bits per heavy atom. The van der Waals surface area contributed by atoms with Crippen LogP contribution in [0.1, 0.15) is 101 Å². The molecule has 3 aromatic rings. The van der Waals surface area contributed by atoms with Gasteiger partial charge in [0.1, 0.15) is 18.3 Å². The minimum atomic E-state index is -5.19. The van der Waals surface area contributed by atoms with Crippen molar-refractivity contribution >= 4 is 46.6 Å². The highest BCUT2D eigenvalue weighted by Crippen LogP contribution is 2.48. The monoisotopic (exact) mass is 830 g/mol. The van der Waals surface area contributed by atoms with E-state index < -0.39 is 18.1 Å². The van der Waals surface area contributed by atoms with Gasteiger partial charge in [-0.3, -0.25) is 4.79 Å². The van der Waals surface area contributed by atoms with E-state index in [2.05, 4.69) is 92.3 Å². The van der Waals surface area contributed by atoms with Crippen LogP contribution < -0.4 is 14.7 Å². The molecule has 3 aromatic carbocycles. The highest BCUT2D eigenvalue weighted by Gasteiger charge is 2.44. The SMILES string of the molecule is CC[N+]1=C(/C=C/C2=C(Cl)C(C=C=C3N(CCCCCC(=O)Oc4ccccc4)c4ccccc4C3(C)C)CCC2)C(C)(C)c2cc(C(=O)O)ccc21.O=C([O-])C(F)(F)F. The van der Waals surface area contributed by atoms with Gasteiger partial charge in [0, 0.05) is 52.7 Å². The lowest BCUT2D eigenvalue weighted by Crippen LogP contribution is -2.37. The van der Waals surface area contributed by atoms with Gasteiger partial charge in [-0.25, -0.2) is 4.79 Å². The Balaban J connectivity index is 0.000000867. The Kier molecular flexibility index (Phi) is 14.2. The largest absolute Gasteiger partial charge is 0.542 e. The number of carboxylic acid groups (broad SMARTS) is 2. The van der Waals surface area contributed by atoms with Crippen molar-refractivity contribution in [1.82, 2.24) is 0 Å². The number of unbranched alkanes of at least 4 members (excludes halogenated alkanes) is 2. The first-order valence-corrected chi connectivity index (χ1v) is 20.2. The molecule has 0 bridgehead atoms. The average molecular weight is 831 g/mol. The molecule has 0 radical (unpaired) electrons. The summed E-state index contributed by atoms with van der Waals surface area (Å²) in [7, 11) is 0. The molecule has 6 rings (SSSR count). The molecule has 1 atom stereocenters. The molecule has 2 aliphatic heterocycles. The van der Waals surface area contributed by atoms with Crippen LogP contribution in [0.5, 0.6) is 5.75 Å². The summed E-state index contributed by atoms with van der Waals surface area (Å²) in [6, 6.07) is 23.3. The van der Waals surface area contributed by atoms with Crippen LogP contribution in [-0.2, 0) is 20.4 Å². The first-order chi connectivity index (χ1) is 27.9. The molecule has 3 aliphatic rings. The fourth-order valence-electron chi connectivity index (χ4n) is 8.02. The molecule has 0 spiro atoms. The lowest BCUT2D eigenvalue weighted by atomic mass is 9.80. The smallest absolute Gasteiger partial charge is 0.430 e. The van der Waals surface area contributed by atoms with Gasteiger partial charge < -0.3 is 24.6 Å². The average Bonchev–Trinajstić information content (AvgIpc) is 3.54. The number of halogens is 4. The summed E-state index contributed by atoms with van der Waals surface area (Å²) in [6.45, 7) is 12.6. The van der Waals surface area contributed by atoms with Crippen LogP contribution in [-0.4, -0.2) is 52.6 Å². The molecule has 0 saturated heterocycles. The molecule has 312 valence electrons. The summed E-state index contributed by atoms with van der Waals surface area (Å²) in [4.78, 5) is 35.3. The molecule has 0 fully saturated rings. The van der Waals surface area contributed by atoms with Crippen molar-refractivity contribution in [2.24, 2.45) is 5.92 Å². The predicted octanol–water partition coefficient (Wildman–Crippen LogP) is 9.93. The molecule has 8 nitrogen and oxygen atoms in total. The number of benzene rings is 3. The van der Waals surface area contributed by atoms with Gasteiger partial charge in [-0.15, -0.1) is 5.73 Å². The molecule has 1 unspecified atom stereocenters. The zero-order valence-corrected chi connectivity index (χ0v) is 34.8. The summed E-state index contributed by atoms with van der Waals surface area (Å²) in [6.07, 6.45) is 7.30. The number of carbonyl (C=O) groups excluding carboxylic acids is 2. The minimum absolute atomic E-state index is 0.0683. The van der Waals surface area contributed by atoms with Crippen LogP contribution in [0.2, 0.25) is 0 Å². The summed E-state index contributed by atoms with van der Waals surface area (Å²) in [5.41, 5.74) is 11.5. The van der Waals surface area contributed by atoms with Gasteiger partial charge in [0.05, 0.1) is 16.7 Å². The van der Waals surface area contributed by atoms with Gasteiger partial charge in [0.15, 0.2) is 5.71 Å². The lowest BCUT2D eigenvalue weighted by Gasteiger charge is -2.26. The van der Waals surface area contributed by atoms with E-state index in [9.17, 15) is 27.9 Å². The molecule has 1 N–H and O–H groups in total. The van der Waals surface area contributed by atoms with E-state index in [0.29, 0.717) is 17.7 Å². The number of para-hydroxylation sites is 2. The summed E-state index contributed by atoms with van der Waals surface area (Å²) < 4.78 is 39.3. The number of hydrogen-bond donors (Lipinski definition) is 1. The number of esters is 1. The van der Waals surface area contributed by atoms with E-state index in [1.54, 1.807) is 18.2 Å². The maximum Gasteiger partial charge on any atom is 0.430 e.